The standard InChI is InChI=1S/C11H11N3O3S/c1-7(2)13-11(15)9(5-12)3-8-4-10(14(16)17)18-6-8/h3-4,6-7H,1-2H3,(H,13,15). The zero-order valence-corrected chi connectivity index (χ0v) is 10.7. The van der Waals surface area contributed by atoms with Gasteiger partial charge in [0.2, 0.25) is 0 Å². The number of nitro groups is 1. The van der Waals surface area contributed by atoms with Gasteiger partial charge in [-0.15, -0.1) is 0 Å². The zero-order chi connectivity index (χ0) is 13.7. The summed E-state index contributed by atoms with van der Waals surface area (Å²) in [7, 11) is 0. The number of hydrogen-bond acceptors (Lipinski definition) is 5. The first-order chi connectivity index (χ1) is 8.43. The molecule has 0 bridgehead atoms. The van der Waals surface area contributed by atoms with Crippen LogP contribution in [0.1, 0.15) is 19.4 Å². The number of nitriles is 1. The van der Waals surface area contributed by atoms with Crippen molar-refractivity contribution in [2.75, 3.05) is 0 Å². The van der Waals surface area contributed by atoms with Gasteiger partial charge in [0.25, 0.3) is 5.91 Å². The van der Waals surface area contributed by atoms with E-state index in [0.29, 0.717) is 5.56 Å². The summed E-state index contributed by atoms with van der Waals surface area (Å²) in [6.45, 7) is 3.56. The molecule has 0 fully saturated rings. The van der Waals surface area contributed by atoms with Crippen LogP contribution in [0, 0.1) is 21.4 Å². The lowest BCUT2D eigenvalue weighted by Gasteiger charge is -2.06. The molecule has 1 amide bonds. The van der Waals surface area contributed by atoms with E-state index in [1.165, 1.54) is 17.5 Å². The number of amides is 1. The normalized spacial score (nSPS) is 11.1. The Hall–Kier alpha value is -2.20. The lowest BCUT2D eigenvalue weighted by atomic mass is 10.2. The highest BCUT2D eigenvalue weighted by atomic mass is 32.1. The Morgan fingerprint density at radius 1 is 1.67 bits per heavy atom. The van der Waals surface area contributed by atoms with Crippen molar-refractivity contribution in [1.82, 2.24) is 5.32 Å². The Bertz CT molecular complexity index is 540. The Balaban J connectivity index is 2.94. The molecule has 0 saturated heterocycles. The van der Waals surface area contributed by atoms with Gasteiger partial charge in [-0.1, -0.05) is 11.3 Å². The Kier molecular flexibility index (Phi) is 4.57. The molecule has 0 atom stereocenters. The van der Waals surface area contributed by atoms with Gasteiger partial charge < -0.3 is 5.32 Å². The van der Waals surface area contributed by atoms with E-state index in [4.69, 9.17) is 5.26 Å². The average molecular weight is 265 g/mol. The number of thiophene rings is 1. The number of nitrogens with zero attached hydrogens (tertiary/aromatic N) is 2. The van der Waals surface area contributed by atoms with Crippen molar-refractivity contribution in [3.63, 3.8) is 0 Å². The first-order valence-electron chi connectivity index (χ1n) is 5.09. The van der Waals surface area contributed by atoms with E-state index in [0.717, 1.165) is 11.3 Å². The Morgan fingerprint density at radius 2 is 2.33 bits per heavy atom. The van der Waals surface area contributed by atoms with Crippen molar-refractivity contribution < 1.29 is 9.72 Å². The maximum absolute atomic E-state index is 11.6. The summed E-state index contributed by atoms with van der Waals surface area (Å²) in [6.07, 6.45) is 1.33. The summed E-state index contributed by atoms with van der Waals surface area (Å²) in [5.41, 5.74) is 0.401. The molecule has 7 heteroatoms. The maximum atomic E-state index is 11.6. The third kappa shape index (κ3) is 3.68. The summed E-state index contributed by atoms with van der Waals surface area (Å²) in [6, 6.07) is 3.02. The van der Waals surface area contributed by atoms with E-state index in [-0.39, 0.29) is 16.6 Å². The van der Waals surface area contributed by atoms with Crippen LogP contribution >= 0.6 is 11.3 Å². The molecule has 18 heavy (non-hydrogen) atoms. The van der Waals surface area contributed by atoms with Crippen molar-refractivity contribution in [2.24, 2.45) is 0 Å². The second-order valence-corrected chi connectivity index (χ2v) is 4.66. The number of hydrogen-bond donors (Lipinski definition) is 1. The summed E-state index contributed by atoms with van der Waals surface area (Å²) >= 11 is 0.951. The number of carbonyl (C=O) groups excluding carboxylic acids is 1. The minimum atomic E-state index is -0.512. The zero-order valence-electron chi connectivity index (χ0n) is 9.84. The van der Waals surface area contributed by atoms with E-state index in [1.54, 1.807) is 19.9 Å². The van der Waals surface area contributed by atoms with Gasteiger partial charge in [0.15, 0.2) is 0 Å². The molecule has 1 N–H and O–H groups in total. The average Bonchev–Trinajstić information content (AvgIpc) is 2.73. The van der Waals surface area contributed by atoms with Gasteiger partial charge in [0, 0.05) is 17.5 Å². The molecule has 0 saturated carbocycles. The SMILES string of the molecule is CC(C)NC(=O)C(C#N)=Cc1csc([N+](=O)[O-])c1. The molecule has 0 aliphatic carbocycles. The van der Waals surface area contributed by atoms with E-state index < -0.39 is 10.8 Å². The molecule has 0 aliphatic rings. The number of carbonyl (C=O) groups is 1. The van der Waals surface area contributed by atoms with Crippen LogP contribution in [0.5, 0.6) is 0 Å². The maximum Gasteiger partial charge on any atom is 0.324 e. The van der Waals surface area contributed by atoms with E-state index in [2.05, 4.69) is 5.32 Å². The summed E-state index contributed by atoms with van der Waals surface area (Å²) in [5.74, 6) is -0.485. The quantitative estimate of drug-likeness (QED) is 0.390. The van der Waals surface area contributed by atoms with Crippen molar-refractivity contribution in [1.29, 1.82) is 5.26 Å². The lowest BCUT2D eigenvalue weighted by Crippen LogP contribution is -2.30. The van der Waals surface area contributed by atoms with Crippen molar-refractivity contribution in [2.45, 2.75) is 19.9 Å². The highest BCUT2D eigenvalue weighted by Gasteiger charge is 2.13. The van der Waals surface area contributed by atoms with Gasteiger partial charge >= 0.3 is 5.00 Å². The van der Waals surface area contributed by atoms with Gasteiger partial charge in [0.05, 0.1) is 4.92 Å². The predicted molar refractivity (Wildman–Crippen MR) is 67.8 cm³/mol. The largest absolute Gasteiger partial charge is 0.349 e. The minimum Gasteiger partial charge on any atom is -0.349 e. The van der Waals surface area contributed by atoms with Crippen LogP contribution in [0.2, 0.25) is 0 Å². The van der Waals surface area contributed by atoms with Crippen molar-refractivity contribution >= 4 is 28.3 Å². The smallest absolute Gasteiger partial charge is 0.324 e. The van der Waals surface area contributed by atoms with Crippen LogP contribution in [-0.4, -0.2) is 16.9 Å². The molecule has 0 spiro atoms. The molecular formula is C11H11N3O3S. The highest BCUT2D eigenvalue weighted by molar-refractivity contribution is 7.13. The Labute approximate surface area is 108 Å². The Morgan fingerprint density at radius 3 is 2.78 bits per heavy atom. The first kappa shape index (κ1) is 13.9. The minimum absolute atomic E-state index is 0.0252. The van der Waals surface area contributed by atoms with Crippen LogP contribution < -0.4 is 5.32 Å². The van der Waals surface area contributed by atoms with Gasteiger partial charge in [0.1, 0.15) is 11.6 Å². The van der Waals surface area contributed by atoms with Gasteiger partial charge in [-0.2, -0.15) is 5.26 Å². The predicted octanol–water partition coefficient (Wildman–Crippen LogP) is 2.09. The van der Waals surface area contributed by atoms with Gasteiger partial charge in [-0.3, -0.25) is 14.9 Å². The third-order valence-electron chi connectivity index (χ3n) is 1.88. The molecule has 0 aliphatic heterocycles. The fourth-order valence-electron chi connectivity index (χ4n) is 1.17. The molecule has 0 unspecified atom stereocenters. The fraction of sp³-hybridized carbons (Fsp3) is 0.273. The van der Waals surface area contributed by atoms with Gasteiger partial charge in [-0.25, -0.2) is 0 Å². The molecule has 0 aromatic carbocycles. The molecule has 1 aromatic heterocycles. The monoisotopic (exact) mass is 265 g/mol. The third-order valence-corrected chi connectivity index (χ3v) is 2.78. The molecule has 1 aromatic rings. The summed E-state index contributed by atoms with van der Waals surface area (Å²) in [4.78, 5) is 21.6. The molecule has 94 valence electrons. The van der Waals surface area contributed by atoms with Crippen molar-refractivity contribution in [3.05, 3.63) is 32.7 Å². The molecule has 6 nitrogen and oxygen atoms in total. The van der Waals surface area contributed by atoms with E-state index in [1.807, 2.05) is 0 Å². The fourth-order valence-corrected chi connectivity index (χ4v) is 1.85. The second kappa shape index (κ2) is 5.93. The van der Waals surface area contributed by atoms with Crippen LogP contribution in [0.4, 0.5) is 5.00 Å². The van der Waals surface area contributed by atoms with Crippen LogP contribution in [0.25, 0.3) is 6.08 Å². The number of nitrogens with one attached hydrogen (secondary N) is 1. The first-order valence-corrected chi connectivity index (χ1v) is 5.97. The van der Waals surface area contributed by atoms with Crippen LogP contribution in [-0.2, 0) is 4.79 Å². The molecule has 1 rings (SSSR count). The molecular weight excluding hydrogens is 254 g/mol. The van der Waals surface area contributed by atoms with Gasteiger partial charge in [-0.05, 0) is 25.5 Å². The van der Waals surface area contributed by atoms with Crippen LogP contribution in [0.3, 0.4) is 0 Å². The van der Waals surface area contributed by atoms with Crippen molar-refractivity contribution in [3.8, 4) is 6.07 Å². The molecule has 0 radical (unpaired) electrons. The molecule has 1 heterocycles. The number of rotatable bonds is 4. The lowest BCUT2D eigenvalue weighted by molar-refractivity contribution is -0.380. The second-order valence-electron chi connectivity index (χ2n) is 3.77. The van der Waals surface area contributed by atoms with E-state index >= 15 is 0 Å². The van der Waals surface area contributed by atoms with E-state index in [9.17, 15) is 14.9 Å². The summed E-state index contributed by atoms with van der Waals surface area (Å²) < 4.78 is 0. The summed E-state index contributed by atoms with van der Waals surface area (Å²) in [5, 5.41) is 23.5. The highest BCUT2D eigenvalue weighted by Crippen LogP contribution is 2.24. The topological polar surface area (TPSA) is 96.0 Å². The van der Waals surface area contributed by atoms with Crippen LogP contribution in [0.15, 0.2) is 17.0 Å².